The molecule has 14 nitrogen and oxygen atoms in total. The molecule has 0 aliphatic carbocycles. The Labute approximate surface area is 237 Å². The summed E-state index contributed by atoms with van der Waals surface area (Å²) in [5.41, 5.74) is 0. The van der Waals surface area contributed by atoms with Crippen LogP contribution < -0.4 is 0 Å². The van der Waals surface area contributed by atoms with E-state index in [1.165, 1.54) is 0 Å². The van der Waals surface area contributed by atoms with E-state index in [1.807, 2.05) is 13.5 Å². The maximum atomic E-state index is 9.98. The third kappa shape index (κ3) is 7.66. The van der Waals surface area contributed by atoms with Crippen molar-refractivity contribution in [3.8, 4) is 0 Å². The van der Waals surface area contributed by atoms with Gasteiger partial charge in [0.1, 0.15) is 10.5 Å². The summed E-state index contributed by atoms with van der Waals surface area (Å²) < 4.78 is 84.3. The molecule has 1 N–H and O–H groups in total. The number of rotatable bonds is 9. The smallest absolute Gasteiger partial charge is 0.425 e. The normalized spacial score (nSPS) is 50.0. The zero-order chi connectivity index (χ0) is 28.1. The number of hydrogen-bond acceptors (Lipinski definition) is 14. The van der Waals surface area contributed by atoms with Crippen LogP contribution in [0.3, 0.4) is 0 Å². The second-order valence-electron chi connectivity index (χ2n) is 10.4. The van der Waals surface area contributed by atoms with E-state index >= 15 is 0 Å². The lowest BCUT2D eigenvalue weighted by Gasteiger charge is -2.56. The Morgan fingerprint density at radius 3 is 1.58 bits per heavy atom. The van der Waals surface area contributed by atoms with Crippen LogP contribution >= 0.6 is 0 Å². The highest BCUT2D eigenvalue weighted by atomic mass is 28.6. The van der Waals surface area contributed by atoms with Gasteiger partial charge in [0.15, 0.2) is 0 Å². The van der Waals surface area contributed by atoms with Crippen molar-refractivity contribution in [3.63, 3.8) is 0 Å². The standard InChI is InChI=1S/C15H42O14Si9/c1-9-11-15(16)14-17-12-10-13-38(18-30)28-36(7)23-32(3)19-31(2)20-33(4)22-34(5,21-32)25-35(6,26-36)27-37(8,24-33)29-38/h15-16,31H,9-14H2,1-8,30H3. The van der Waals surface area contributed by atoms with E-state index in [-0.39, 0.29) is 6.61 Å². The molecule has 4 aliphatic rings. The topological polar surface area (TPSA) is 140 Å². The van der Waals surface area contributed by atoms with Gasteiger partial charge in [0.05, 0.1) is 12.7 Å². The van der Waals surface area contributed by atoms with Gasteiger partial charge in [-0.2, -0.15) is 0 Å². The third-order valence-corrected chi connectivity index (χ3v) is 41.8. The number of ether oxygens (including phenoxy) is 1. The average molecular weight is 699 g/mol. The van der Waals surface area contributed by atoms with Crippen LogP contribution in [-0.4, -0.2) is 106 Å². The predicted molar refractivity (Wildman–Crippen MR) is 153 cm³/mol. The number of hydrogen-bond donors (Lipinski definition) is 1. The summed E-state index contributed by atoms with van der Waals surface area (Å²) in [6.07, 6.45) is 1.66. The fraction of sp³-hybridized carbons (Fsp3) is 1.00. The summed E-state index contributed by atoms with van der Waals surface area (Å²) in [6.45, 7) is 15.2. The zero-order valence-corrected chi connectivity index (χ0v) is 33.8. The summed E-state index contributed by atoms with van der Waals surface area (Å²) in [4.78, 5) is 0. The summed E-state index contributed by atoms with van der Waals surface area (Å²) >= 11 is 0. The van der Waals surface area contributed by atoms with Crippen molar-refractivity contribution < 1.29 is 59.2 Å². The summed E-state index contributed by atoms with van der Waals surface area (Å²) in [5.74, 6) is 0. The predicted octanol–water partition coefficient (Wildman–Crippen LogP) is 0.290. The molecule has 4 saturated heterocycles. The fourth-order valence-electron chi connectivity index (χ4n) is 5.27. The molecule has 4 aliphatic heterocycles. The van der Waals surface area contributed by atoms with E-state index in [1.54, 1.807) is 39.3 Å². The second kappa shape index (κ2) is 11.5. The van der Waals surface area contributed by atoms with Crippen molar-refractivity contribution in [1.82, 2.24) is 0 Å². The van der Waals surface area contributed by atoms with Gasteiger partial charge in [-0.1, -0.05) is 13.3 Å². The van der Waals surface area contributed by atoms with Crippen molar-refractivity contribution in [2.24, 2.45) is 0 Å². The summed E-state index contributed by atoms with van der Waals surface area (Å²) in [6, 6.07) is 0.404. The van der Waals surface area contributed by atoms with Crippen LogP contribution in [0.2, 0.25) is 51.9 Å². The molecule has 0 radical (unpaired) electrons. The first-order chi connectivity index (χ1) is 17.5. The molecule has 5 atom stereocenters. The molecule has 222 valence electrons. The van der Waals surface area contributed by atoms with Crippen LogP contribution in [0.1, 0.15) is 26.2 Å². The highest BCUT2D eigenvalue weighted by Gasteiger charge is 2.74. The van der Waals surface area contributed by atoms with E-state index < -0.39 is 77.0 Å². The van der Waals surface area contributed by atoms with Gasteiger partial charge in [-0.25, -0.2) is 0 Å². The molecule has 0 aromatic rings. The van der Waals surface area contributed by atoms with Crippen LogP contribution in [0, 0.1) is 0 Å². The molecule has 6 bridgehead atoms. The number of aliphatic hydroxyl groups excluding tert-OH is 1. The Kier molecular flexibility index (Phi) is 9.76. The van der Waals surface area contributed by atoms with Crippen LogP contribution in [0.15, 0.2) is 0 Å². The minimum absolute atomic E-state index is 0.270. The first-order valence-electron chi connectivity index (χ1n) is 13.0. The monoisotopic (exact) mass is 698 g/mol. The lowest BCUT2D eigenvalue weighted by Crippen LogP contribution is -2.82. The van der Waals surface area contributed by atoms with Gasteiger partial charge in [-0.15, -0.1) is 0 Å². The molecule has 23 heteroatoms. The molecule has 0 saturated carbocycles. The highest BCUT2D eigenvalue weighted by molar-refractivity contribution is 6.99. The van der Waals surface area contributed by atoms with E-state index in [9.17, 15) is 5.11 Å². The maximum absolute atomic E-state index is 9.98. The Balaban J connectivity index is 1.68. The van der Waals surface area contributed by atoms with Gasteiger partial charge < -0.3 is 59.2 Å². The van der Waals surface area contributed by atoms with Crippen molar-refractivity contribution in [2.75, 3.05) is 13.2 Å². The summed E-state index contributed by atoms with van der Waals surface area (Å²) in [7, 11) is -26.6. The van der Waals surface area contributed by atoms with Crippen LogP contribution in [-0.2, 0) is 54.1 Å². The van der Waals surface area contributed by atoms with Gasteiger partial charge in [-0.05, 0) is 19.4 Å². The van der Waals surface area contributed by atoms with Gasteiger partial charge in [0, 0.05) is 51.9 Å². The van der Waals surface area contributed by atoms with Gasteiger partial charge >= 0.3 is 70.9 Å². The molecule has 0 amide bonds. The lowest BCUT2D eigenvalue weighted by atomic mass is 10.2. The quantitative estimate of drug-likeness (QED) is 0.261. The van der Waals surface area contributed by atoms with Crippen molar-refractivity contribution in [2.45, 2.75) is 84.2 Å². The SMILES string of the molecule is CCCC(O)COCCC[Si]1(O[SiH3])O[Si]2(C)O[Si]3(C)O[SiH](C)O[Si]4(C)O[Si](C)(O3)O[Si](C)(O2)O[Si](C)(O4)O1. The minimum Gasteiger partial charge on any atom is -0.425 e. The zero-order valence-electron chi connectivity index (χ0n) is 23.7. The Hall–Kier alpha value is 1.39. The fourth-order valence-corrected chi connectivity index (χ4v) is 49.1. The molecular weight excluding hydrogens is 657 g/mol. The van der Waals surface area contributed by atoms with E-state index in [2.05, 4.69) is 0 Å². The average Bonchev–Trinajstić information content (AvgIpc) is 2.67. The second-order valence-corrected chi connectivity index (χ2v) is 34.6. The maximum Gasteiger partial charge on any atom is 0.475 e. The highest BCUT2D eigenvalue weighted by Crippen LogP contribution is 2.44. The Morgan fingerprint density at radius 2 is 1.16 bits per heavy atom. The van der Waals surface area contributed by atoms with Crippen molar-refractivity contribution in [1.29, 1.82) is 0 Å². The molecule has 0 aromatic carbocycles. The van der Waals surface area contributed by atoms with Gasteiger partial charge in [0.2, 0.25) is 0 Å². The molecule has 4 heterocycles. The molecule has 4 fully saturated rings. The van der Waals surface area contributed by atoms with Crippen molar-refractivity contribution >= 4 is 81.4 Å². The van der Waals surface area contributed by atoms with Crippen LogP contribution in [0.4, 0.5) is 0 Å². The molecule has 0 aromatic heterocycles. The van der Waals surface area contributed by atoms with Crippen LogP contribution in [0.25, 0.3) is 0 Å². The minimum atomic E-state index is -3.61. The number of aliphatic hydroxyl groups is 1. The molecule has 5 unspecified atom stereocenters. The molecule has 0 spiro atoms. The number of fused-ring (bicyclic) bond motifs is 4. The molecule has 4 rings (SSSR count). The van der Waals surface area contributed by atoms with E-state index in [0.29, 0.717) is 36.0 Å². The Morgan fingerprint density at radius 1 is 0.737 bits per heavy atom. The largest absolute Gasteiger partial charge is 0.475 e. The van der Waals surface area contributed by atoms with Gasteiger partial charge in [0.25, 0.3) is 0 Å². The van der Waals surface area contributed by atoms with E-state index in [4.69, 9.17) is 54.1 Å². The lowest BCUT2D eigenvalue weighted by molar-refractivity contribution is 0.0126. The molecule has 38 heavy (non-hydrogen) atoms. The van der Waals surface area contributed by atoms with Crippen molar-refractivity contribution in [3.05, 3.63) is 0 Å². The first-order valence-corrected chi connectivity index (χ1v) is 31.2. The van der Waals surface area contributed by atoms with E-state index in [0.717, 1.165) is 6.42 Å². The van der Waals surface area contributed by atoms with Gasteiger partial charge in [-0.3, -0.25) is 0 Å². The Bertz CT molecular complexity index is 816. The summed E-state index contributed by atoms with van der Waals surface area (Å²) in [5, 5.41) is 9.98. The third-order valence-electron chi connectivity index (χ3n) is 6.05. The molecular formula is C15H42O14Si9. The first kappa shape index (κ1) is 32.3. The van der Waals surface area contributed by atoms with Crippen LogP contribution in [0.5, 0.6) is 0 Å².